The predicted molar refractivity (Wildman–Crippen MR) is 157 cm³/mol. The van der Waals surface area contributed by atoms with Gasteiger partial charge in [-0.3, -0.25) is 13.9 Å². The third-order valence-corrected chi connectivity index (χ3v) is 8.21. The maximum Gasteiger partial charge on any atom is 0.244 e. The molecule has 0 saturated heterocycles. The minimum Gasteiger partial charge on any atom is -0.352 e. The lowest BCUT2D eigenvalue weighted by Crippen LogP contribution is -2.54. The molecule has 0 aliphatic rings. The number of carbonyl (C=O) groups excluding carboxylic acids is 2. The number of carbonyl (C=O) groups is 2. The van der Waals surface area contributed by atoms with Crippen molar-refractivity contribution >= 4 is 39.1 Å². The van der Waals surface area contributed by atoms with Crippen LogP contribution >= 0.6 is 11.6 Å². The molecular formula is C30H35ClFN3O4S. The zero-order valence-corrected chi connectivity index (χ0v) is 24.7. The molecular weight excluding hydrogens is 553 g/mol. The molecule has 2 amide bonds. The van der Waals surface area contributed by atoms with Gasteiger partial charge in [0.25, 0.3) is 0 Å². The fourth-order valence-corrected chi connectivity index (χ4v) is 5.15. The topological polar surface area (TPSA) is 86.8 Å². The first-order valence-corrected chi connectivity index (χ1v) is 15.2. The summed E-state index contributed by atoms with van der Waals surface area (Å²) in [5.74, 6) is -1.39. The number of anilines is 1. The Morgan fingerprint density at radius 3 is 2.23 bits per heavy atom. The molecule has 0 bridgehead atoms. The number of amides is 2. The molecule has 0 aliphatic heterocycles. The molecule has 0 spiro atoms. The van der Waals surface area contributed by atoms with E-state index >= 15 is 0 Å². The molecule has 7 nitrogen and oxygen atoms in total. The third kappa shape index (κ3) is 8.53. The Morgan fingerprint density at radius 2 is 1.65 bits per heavy atom. The van der Waals surface area contributed by atoms with E-state index in [9.17, 15) is 22.4 Å². The van der Waals surface area contributed by atoms with Crippen LogP contribution < -0.4 is 9.62 Å². The number of sulfonamides is 1. The van der Waals surface area contributed by atoms with Gasteiger partial charge < -0.3 is 10.2 Å². The van der Waals surface area contributed by atoms with Crippen molar-refractivity contribution in [2.45, 2.75) is 52.2 Å². The molecule has 2 atom stereocenters. The van der Waals surface area contributed by atoms with Crippen molar-refractivity contribution < 1.29 is 22.4 Å². The molecule has 1 N–H and O–H groups in total. The van der Waals surface area contributed by atoms with E-state index in [4.69, 9.17) is 11.6 Å². The minimum atomic E-state index is -3.91. The lowest BCUT2D eigenvalue weighted by molar-refractivity contribution is -0.140. The molecule has 10 heteroatoms. The third-order valence-electron chi connectivity index (χ3n) is 6.66. The lowest BCUT2D eigenvalue weighted by Gasteiger charge is -2.34. The Balaban J connectivity index is 2.06. The molecule has 0 saturated carbocycles. The molecule has 3 aromatic rings. The van der Waals surface area contributed by atoms with Gasteiger partial charge in [0, 0.05) is 24.0 Å². The minimum absolute atomic E-state index is 0.0310. The van der Waals surface area contributed by atoms with Crippen molar-refractivity contribution in [3.63, 3.8) is 0 Å². The van der Waals surface area contributed by atoms with Gasteiger partial charge in [0.05, 0.1) is 11.9 Å². The summed E-state index contributed by atoms with van der Waals surface area (Å²) >= 11 is 6.27. The summed E-state index contributed by atoms with van der Waals surface area (Å²) in [4.78, 5) is 29.0. The molecule has 40 heavy (non-hydrogen) atoms. The second-order valence-electron chi connectivity index (χ2n) is 9.87. The van der Waals surface area contributed by atoms with Gasteiger partial charge in [-0.15, -0.1) is 0 Å². The van der Waals surface area contributed by atoms with Crippen LogP contribution in [0.3, 0.4) is 0 Å². The number of halogens is 2. The van der Waals surface area contributed by atoms with Crippen molar-refractivity contribution in [2.24, 2.45) is 0 Å². The molecule has 3 rings (SSSR count). The largest absolute Gasteiger partial charge is 0.352 e. The van der Waals surface area contributed by atoms with Gasteiger partial charge in [-0.2, -0.15) is 0 Å². The van der Waals surface area contributed by atoms with Gasteiger partial charge in [-0.05, 0) is 61.2 Å². The maximum atomic E-state index is 14.0. The normalized spacial score (nSPS) is 12.8. The Hall–Kier alpha value is -3.43. The second-order valence-corrected chi connectivity index (χ2v) is 12.2. The number of hydrogen-bond acceptors (Lipinski definition) is 4. The number of nitrogens with one attached hydrogen (secondary N) is 1. The highest BCUT2D eigenvalue weighted by atomic mass is 35.5. The van der Waals surface area contributed by atoms with E-state index in [0.717, 1.165) is 21.7 Å². The van der Waals surface area contributed by atoms with Crippen LogP contribution in [-0.4, -0.2) is 50.0 Å². The molecule has 0 aromatic heterocycles. The fourth-order valence-electron chi connectivity index (χ4n) is 4.13. The number of nitrogens with zero attached hydrogens (tertiary/aromatic N) is 2. The summed E-state index contributed by atoms with van der Waals surface area (Å²) in [6.45, 7) is 5.01. The van der Waals surface area contributed by atoms with E-state index < -0.39 is 34.3 Å². The standard InChI is InChI=1S/C30H35ClFN3O4S/c1-5-22(3)33-30(37)28(17-23-9-7-6-8-10-23)34(19-24-12-14-25(32)15-13-24)29(36)20-35(40(4,38)39)26-16-11-21(2)27(31)18-26/h6-16,18,22,28H,5,17,19-20H2,1-4H3,(H,33,37)/t22-,28+/m1/s1. The van der Waals surface area contributed by atoms with E-state index in [1.165, 1.54) is 35.2 Å². The Morgan fingerprint density at radius 1 is 1.00 bits per heavy atom. The van der Waals surface area contributed by atoms with E-state index in [0.29, 0.717) is 17.0 Å². The summed E-state index contributed by atoms with van der Waals surface area (Å²) in [5.41, 5.74) is 2.41. The fraction of sp³-hybridized carbons (Fsp3) is 0.333. The van der Waals surface area contributed by atoms with E-state index in [1.807, 2.05) is 44.2 Å². The average molecular weight is 588 g/mol. The van der Waals surface area contributed by atoms with Crippen molar-refractivity contribution in [1.82, 2.24) is 10.2 Å². The SMILES string of the molecule is CC[C@@H](C)NC(=O)[C@H](Cc1ccccc1)N(Cc1ccc(F)cc1)C(=O)CN(c1ccc(C)c(Cl)c1)S(C)(=O)=O. The summed E-state index contributed by atoms with van der Waals surface area (Å²) in [5, 5.41) is 3.32. The highest BCUT2D eigenvalue weighted by molar-refractivity contribution is 7.92. The van der Waals surface area contributed by atoms with Gasteiger partial charge in [0.15, 0.2) is 0 Å². The van der Waals surface area contributed by atoms with Crippen LogP contribution in [0.2, 0.25) is 5.02 Å². The summed E-state index contributed by atoms with van der Waals surface area (Å²) in [7, 11) is -3.91. The molecule has 214 valence electrons. The van der Waals surface area contributed by atoms with Gasteiger partial charge in [-0.1, -0.05) is 67.1 Å². The summed E-state index contributed by atoms with van der Waals surface area (Å²) in [6, 6.07) is 18.5. The first-order valence-electron chi connectivity index (χ1n) is 13.0. The number of rotatable bonds is 12. The Labute approximate surface area is 241 Å². The smallest absolute Gasteiger partial charge is 0.244 e. The van der Waals surface area contributed by atoms with Gasteiger partial charge in [0.1, 0.15) is 18.4 Å². The molecule has 0 heterocycles. The van der Waals surface area contributed by atoms with E-state index in [1.54, 1.807) is 19.1 Å². The highest BCUT2D eigenvalue weighted by Crippen LogP contribution is 2.26. The summed E-state index contributed by atoms with van der Waals surface area (Å²) < 4.78 is 40.3. The van der Waals surface area contributed by atoms with Crippen LogP contribution in [0.1, 0.15) is 37.0 Å². The van der Waals surface area contributed by atoms with Crippen molar-refractivity contribution in [3.05, 3.63) is 100 Å². The van der Waals surface area contributed by atoms with Gasteiger partial charge in [-0.25, -0.2) is 12.8 Å². The predicted octanol–water partition coefficient (Wildman–Crippen LogP) is 5.11. The summed E-state index contributed by atoms with van der Waals surface area (Å²) in [6.07, 6.45) is 1.90. The van der Waals surface area contributed by atoms with Crippen molar-refractivity contribution in [1.29, 1.82) is 0 Å². The second kappa shape index (κ2) is 13.8. The zero-order valence-electron chi connectivity index (χ0n) is 23.1. The van der Waals surface area contributed by atoms with Crippen LogP contribution in [0.25, 0.3) is 0 Å². The van der Waals surface area contributed by atoms with Crippen LogP contribution in [-0.2, 0) is 32.6 Å². The first kappa shape index (κ1) is 31.1. The van der Waals surface area contributed by atoms with Crippen molar-refractivity contribution in [3.8, 4) is 0 Å². The number of hydrogen-bond donors (Lipinski definition) is 1. The van der Waals surface area contributed by atoms with Gasteiger partial charge in [0.2, 0.25) is 21.8 Å². The quantitative estimate of drug-likeness (QED) is 0.319. The lowest BCUT2D eigenvalue weighted by atomic mass is 10.0. The van der Waals surface area contributed by atoms with Gasteiger partial charge >= 0.3 is 0 Å². The van der Waals surface area contributed by atoms with E-state index in [2.05, 4.69) is 5.32 Å². The average Bonchev–Trinajstić information content (AvgIpc) is 2.91. The van der Waals surface area contributed by atoms with Crippen LogP contribution in [0.4, 0.5) is 10.1 Å². The highest BCUT2D eigenvalue weighted by Gasteiger charge is 2.33. The van der Waals surface area contributed by atoms with Crippen LogP contribution in [0.15, 0.2) is 72.8 Å². The molecule has 0 unspecified atom stereocenters. The molecule has 3 aromatic carbocycles. The van der Waals surface area contributed by atoms with Crippen molar-refractivity contribution in [2.75, 3.05) is 17.1 Å². The van der Waals surface area contributed by atoms with Crippen LogP contribution in [0, 0.1) is 12.7 Å². The first-order chi connectivity index (χ1) is 18.9. The Kier molecular flexibility index (Phi) is 10.7. The number of benzene rings is 3. The number of aryl methyl sites for hydroxylation is 1. The monoisotopic (exact) mass is 587 g/mol. The Bertz CT molecular complexity index is 1420. The zero-order chi connectivity index (χ0) is 29.4. The molecule has 0 radical (unpaired) electrons. The maximum absolute atomic E-state index is 14.0. The van der Waals surface area contributed by atoms with E-state index in [-0.39, 0.29) is 30.6 Å². The molecule has 0 aliphatic carbocycles. The van der Waals surface area contributed by atoms with Crippen LogP contribution in [0.5, 0.6) is 0 Å². The molecule has 0 fully saturated rings.